The normalized spacial score (nSPS) is 10.5. The summed E-state index contributed by atoms with van der Waals surface area (Å²) in [7, 11) is 0. The Morgan fingerprint density at radius 2 is 1.92 bits per heavy atom. The highest BCUT2D eigenvalue weighted by molar-refractivity contribution is 7.12. The molecule has 6 heteroatoms. The number of hydrogen-bond donors (Lipinski definition) is 2. The Balaban J connectivity index is 1.61. The van der Waals surface area contributed by atoms with Crippen LogP contribution in [0.15, 0.2) is 54.7 Å². The van der Waals surface area contributed by atoms with E-state index < -0.39 is 0 Å². The molecular formula is C18H16FN3OS. The van der Waals surface area contributed by atoms with Crippen LogP contribution < -0.4 is 11.1 Å². The van der Waals surface area contributed by atoms with Gasteiger partial charge in [0.05, 0.1) is 12.1 Å². The summed E-state index contributed by atoms with van der Waals surface area (Å²) in [5.41, 5.74) is 6.72. The van der Waals surface area contributed by atoms with Crippen molar-refractivity contribution in [3.63, 3.8) is 0 Å². The number of amides is 1. The molecule has 122 valence electrons. The van der Waals surface area contributed by atoms with Gasteiger partial charge in [-0.15, -0.1) is 11.3 Å². The lowest BCUT2D eigenvalue weighted by molar-refractivity contribution is 0.0952. The second kappa shape index (κ2) is 7.23. The van der Waals surface area contributed by atoms with Crippen molar-refractivity contribution in [3.8, 4) is 0 Å². The Bertz CT molecular complexity index is 863. The maximum Gasteiger partial charge on any atom is 0.255 e. The van der Waals surface area contributed by atoms with Crippen LogP contribution in [0.3, 0.4) is 0 Å². The summed E-state index contributed by atoms with van der Waals surface area (Å²) in [6.45, 7) is 0.398. The molecule has 0 aliphatic rings. The van der Waals surface area contributed by atoms with Crippen molar-refractivity contribution in [1.29, 1.82) is 0 Å². The zero-order chi connectivity index (χ0) is 16.9. The largest absolute Gasteiger partial charge is 0.383 e. The first-order valence-electron chi connectivity index (χ1n) is 7.43. The molecule has 0 aliphatic carbocycles. The molecule has 1 aromatic carbocycles. The lowest BCUT2D eigenvalue weighted by atomic mass is 10.1. The summed E-state index contributed by atoms with van der Waals surface area (Å²) in [6, 6.07) is 13.9. The number of aromatic nitrogens is 1. The van der Waals surface area contributed by atoms with E-state index in [-0.39, 0.29) is 17.5 Å². The van der Waals surface area contributed by atoms with Crippen molar-refractivity contribution in [1.82, 2.24) is 10.3 Å². The van der Waals surface area contributed by atoms with Gasteiger partial charge < -0.3 is 11.1 Å². The molecule has 4 nitrogen and oxygen atoms in total. The Kier molecular flexibility index (Phi) is 4.86. The molecule has 0 radical (unpaired) electrons. The molecule has 0 fully saturated rings. The van der Waals surface area contributed by atoms with Crippen molar-refractivity contribution in [2.75, 3.05) is 5.73 Å². The van der Waals surface area contributed by atoms with Gasteiger partial charge in [-0.05, 0) is 35.9 Å². The van der Waals surface area contributed by atoms with Gasteiger partial charge in [0.25, 0.3) is 5.91 Å². The number of carbonyl (C=O) groups is 1. The maximum atomic E-state index is 13.7. The van der Waals surface area contributed by atoms with E-state index in [4.69, 9.17) is 5.73 Å². The molecule has 0 unspecified atom stereocenters. The van der Waals surface area contributed by atoms with Crippen LogP contribution in [0.5, 0.6) is 0 Å². The van der Waals surface area contributed by atoms with Gasteiger partial charge in [-0.2, -0.15) is 0 Å². The molecule has 2 aromatic heterocycles. The number of carbonyl (C=O) groups excluding carboxylic acids is 1. The summed E-state index contributed by atoms with van der Waals surface area (Å²) < 4.78 is 13.7. The average molecular weight is 341 g/mol. The third-order valence-corrected chi connectivity index (χ3v) is 4.63. The fraction of sp³-hybridized carbons (Fsp3) is 0.111. The fourth-order valence-electron chi connectivity index (χ4n) is 2.31. The Morgan fingerprint density at radius 1 is 1.12 bits per heavy atom. The minimum absolute atomic E-state index is 0.201. The zero-order valence-corrected chi connectivity index (χ0v) is 13.6. The molecule has 0 aliphatic heterocycles. The van der Waals surface area contributed by atoms with E-state index >= 15 is 0 Å². The minimum atomic E-state index is -0.260. The summed E-state index contributed by atoms with van der Waals surface area (Å²) in [6.07, 6.45) is 2.08. The third kappa shape index (κ3) is 3.78. The number of rotatable bonds is 5. The molecule has 0 atom stereocenters. The van der Waals surface area contributed by atoms with Crippen LogP contribution in [0, 0.1) is 5.82 Å². The number of benzene rings is 1. The molecule has 0 saturated carbocycles. The number of nitrogen functional groups attached to an aromatic ring is 1. The second-order valence-electron chi connectivity index (χ2n) is 5.26. The second-order valence-corrected chi connectivity index (χ2v) is 6.51. The fourth-order valence-corrected chi connectivity index (χ4v) is 3.29. The molecule has 0 spiro atoms. The number of nitrogens with one attached hydrogen (secondary N) is 1. The van der Waals surface area contributed by atoms with E-state index in [1.54, 1.807) is 41.8 Å². The van der Waals surface area contributed by atoms with E-state index in [1.165, 1.54) is 6.07 Å². The first kappa shape index (κ1) is 16.1. The number of anilines is 1. The average Bonchev–Trinajstić information content (AvgIpc) is 3.03. The van der Waals surface area contributed by atoms with Gasteiger partial charge in [0, 0.05) is 22.4 Å². The van der Waals surface area contributed by atoms with Crippen molar-refractivity contribution >= 4 is 23.1 Å². The van der Waals surface area contributed by atoms with Gasteiger partial charge in [-0.1, -0.05) is 18.2 Å². The number of thiophene rings is 1. The highest BCUT2D eigenvalue weighted by atomic mass is 32.1. The molecule has 0 saturated heterocycles. The van der Waals surface area contributed by atoms with E-state index in [2.05, 4.69) is 10.3 Å². The maximum absolute atomic E-state index is 13.7. The highest BCUT2D eigenvalue weighted by Gasteiger charge is 2.10. The third-order valence-electron chi connectivity index (χ3n) is 3.55. The van der Waals surface area contributed by atoms with Gasteiger partial charge in [-0.25, -0.2) is 9.37 Å². The molecular weight excluding hydrogens is 325 g/mol. The van der Waals surface area contributed by atoms with Gasteiger partial charge in [-0.3, -0.25) is 4.79 Å². The molecule has 0 bridgehead atoms. The summed E-state index contributed by atoms with van der Waals surface area (Å²) >= 11 is 1.55. The van der Waals surface area contributed by atoms with Crippen LogP contribution in [0.2, 0.25) is 0 Å². The predicted octanol–water partition coefficient (Wildman–Crippen LogP) is 3.39. The lowest BCUT2D eigenvalue weighted by Crippen LogP contribution is -2.23. The molecule has 24 heavy (non-hydrogen) atoms. The quantitative estimate of drug-likeness (QED) is 0.747. The number of nitrogens with zero attached hydrogens (tertiary/aromatic N) is 1. The van der Waals surface area contributed by atoms with Gasteiger partial charge in [0.2, 0.25) is 0 Å². The summed E-state index contributed by atoms with van der Waals surface area (Å²) in [5.74, 6) is -0.251. The Morgan fingerprint density at radius 3 is 2.71 bits per heavy atom. The first-order chi connectivity index (χ1) is 11.6. The topological polar surface area (TPSA) is 68.0 Å². The van der Waals surface area contributed by atoms with Gasteiger partial charge in [0.15, 0.2) is 0 Å². The number of pyridine rings is 1. The molecule has 3 aromatic rings. The Hall–Kier alpha value is -2.73. The van der Waals surface area contributed by atoms with E-state index in [0.717, 1.165) is 9.75 Å². The van der Waals surface area contributed by atoms with E-state index in [9.17, 15) is 9.18 Å². The van der Waals surface area contributed by atoms with E-state index in [1.807, 2.05) is 18.2 Å². The van der Waals surface area contributed by atoms with Crippen molar-refractivity contribution < 1.29 is 9.18 Å². The van der Waals surface area contributed by atoms with Gasteiger partial charge in [0.1, 0.15) is 11.6 Å². The zero-order valence-electron chi connectivity index (χ0n) is 12.8. The van der Waals surface area contributed by atoms with E-state index in [0.29, 0.717) is 24.1 Å². The molecule has 3 N–H and O–H groups in total. The SMILES string of the molecule is Nc1ncccc1C(=O)NCc1ccc(Cc2ccccc2F)s1. The van der Waals surface area contributed by atoms with Crippen LogP contribution >= 0.6 is 11.3 Å². The summed E-state index contributed by atoms with van der Waals surface area (Å²) in [5, 5.41) is 2.82. The van der Waals surface area contributed by atoms with Crippen LogP contribution in [0.25, 0.3) is 0 Å². The first-order valence-corrected chi connectivity index (χ1v) is 8.25. The number of nitrogens with two attached hydrogens (primary N) is 1. The molecule has 1 amide bonds. The highest BCUT2D eigenvalue weighted by Crippen LogP contribution is 2.21. The monoisotopic (exact) mass is 341 g/mol. The minimum Gasteiger partial charge on any atom is -0.383 e. The van der Waals surface area contributed by atoms with Crippen molar-refractivity contribution in [2.45, 2.75) is 13.0 Å². The predicted molar refractivity (Wildman–Crippen MR) is 93.3 cm³/mol. The van der Waals surface area contributed by atoms with Crippen LogP contribution in [-0.4, -0.2) is 10.9 Å². The van der Waals surface area contributed by atoms with Gasteiger partial charge >= 0.3 is 0 Å². The lowest BCUT2D eigenvalue weighted by Gasteiger charge is -2.05. The number of hydrogen-bond acceptors (Lipinski definition) is 4. The smallest absolute Gasteiger partial charge is 0.255 e. The standard InChI is InChI=1S/C18H16FN3OS/c19-16-6-2-1-4-12(16)10-13-7-8-14(24-13)11-22-18(23)15-5-3-9-21-17(15)20/h1-9H,10-11H2,(H2,20,21)(H,22,23). The molecule has 3 rings (SSSR count). The summed E-state index contributed by atoms with van der Waals surface area (Å²) in [4.78, 5) is 18.0. The van der Waals surface area contributed by atoms with Crippen molar-refractivity contribution in [3.05, 3.63) is 81.4 Å². The van der Waals surface area contributed by atoms with Crippen molar-refractivity contribution in [2.24, 2.45) is 0 Å². The number of halogens is 1. The van der Waals surface area contributed by atoms with Crippen LogP contribution in [-0.2, 0) is 13.0 Å². The van der Waals surface area contributed by atoms with Crippen LogP contribution in [0.1, 0.15) is 25.7 Å². The Labute approximate surface area is 143 Å². The van der Waals surface area contributed by atoms with Crippen LogP contribution in [0.4, 0.5) is 10.2 Å². The molecule has 2 heterocycles.